The van der Waals surface area contributed by atoms with Gasteiger partial charge in [0.1, 0.15) is 0 Å². The molecule has 0 unspecified atom stereocenters. The fourth-order valence-corrected chi connectivity index (χ4v) is 1.05. The summed E-state index contributed by atoms with van der Waals surface area (Å²) in [5.74, 6) is -0.00159. The van der Waals surface area contributed by atoms with Gasteiger partial charge in [0.25, 0.3) is 0 Å². The van der Waals surface area contributed by atoms with Gasteiger partial charge in [-0.15, -0.1) is 0 Å². The van der Waals surface area contributed by atoms with E-state index < -0.39 is 6.03 Å². The molecule has 0 fully saturated rings. The highest BCUT2D eigenvalue weighted by atomic mass is 16.2. The third-order valence-corrected chi connectivity index (χ3v) is 1.99. The van der Waals surface area contributed by atoms with Crippen LogP contribution in [0, 0.1) is 0 Å². The Morgan fingerprint density at radius 3 is 2.07 bits per heavy atom. The number of carbonyl (C=O) groups is 2. The molecule has 74 valence electrons. The van der Waals surface area contributed by atoms with E-state index in [0.717, 1.165) is 0 Å². The summed E-state index contributed by atoms with van der Waals surface area (Å²) < 4.78 is 0. The van der Waals surface area contributed by atoms with Crippen LogP contribution in [-0.4, -0.2) is 18.9 Å². The van der Waals surface area contributed by atoms with Crippen molar-refractivity contribution < 1.29 is 9.59 Å². The van der Waals surface area contributed by atoms with Crippen LogP contribution in [0.4, 0.5) is 10.5 Å². The van der Waals surface area contributed by atoms with Gasteiger partial charge in [0.05, 0.1) is 0 Å². The average molecular weight is 192 g/mol. The molecular weight excluding hydrogens is 180 g/mol. The lowest BCUT2D eigenvalue weighted by Crippen LogP contribution is -2.31. The molecule has 14 heavy (non-hydrogen) atoms. The maximum Gasteiger partial charge on any atom is 0.318 e. The van der Waals surface area contributed by atoms with Crippen LogP contribution in [0.25, 0.3) is 0 Å². The Kier molecular flexibility index (Phi) is 2.86. The predicted octanol–water partition coefficient (Wildman–Crippen LogP) is 1.40. The first-order valence-electron chi connectivity index (χ1n) is 4.16. The third kappa shape index (κ3) is 2.10. The second kappa shape index (κ2) is 3.91. The van der Waals surface area contributed by atoms with Gasteiger partial charge in [0.2, 0.25) is 0 Å². The summed E-state index contributed by atoms with van der Waals surface area (Å²) in [5, 5.41) is 0. The van der Waals surface area contributed by atoms with Crippen molar-refractivity contribution in [3.05, 3.63) is 29.8 Å². The molecular formula is C10H12N2O2. The number of Topliss-reactive ketones (excluding diaryl/α,β-unsaturated/α-hetero) is 1. The van der Waals surface area contributed by atoms with Gasteiger partial charge < -0.3 is 5.73 Å². The maximum atomic E-state index is 11.0. The Morgan fingerprint density at radius 1 is 1.21 bits per heavy atom. The lowest BCUT2D eigenvalue weighted by molar-refractivity contribution is 0.101. The predicted molar refractivity (Wildman–Crippen MR) is 54.4 cm³/mol. The molecule has 0 aliphatic heterocycles. The minimum absolute atomic E-state index is 0.00159. The second-order valence-corrected chi connectivity index (χ2v) is 3.00. The van der Waals surface area contributed by atoms with Crippen LogP contribution in [-0.2, 0) is 0 Å². The number of primary amides is 1. The number of anilines is 1. The fraction of sp³-hybridized carbons (Fsp3) is 0.200. The third-order valence-electron chi connectivity index (χ3n) is 1.99. The highest BCUT2D eigenvalue weighted by Gasteiger charge is 2.06. The highest BCUT2D eigenvalue weighted by molar-refractivity contribution is 5.95. The molecule has 0 aliphatic rings. The zero-order chi connectivity index (χ0) is 10.7. The largest absolute Gasteiger partial charge is 0.351 e. The maximum absolute atomic E-state index is 11.0. The van der Waals surface area contributed by atoms with E-state index in [-0.39, 0.29) is 5.78 Å². The smallest absolute Gasteiger partial charge is 0.318 e. The van der Waals surface area contributed by atoms with Gasteiger partial charge >= 0.3 is 6.03 Å². The van der Waals surface area contributed by atoms with Gasteiger partial charge in [-0.2, -0.15) is 0 Å². The molecule has 1 aromatic rings. The molecule has 0 saturated heterocycles. The molecule has 0 aliphatic carbocycles. The van der Waals surface area contributed by atoms with Crippen molar-refractivity contribution in [2.75, 3.05) is 11.9 Å². The summed E-state index contributed by atoms with van der Waals surface area (Å²) in [6.45, 7) is 1.49. The summed E-state index contributed by atoms with van der Waals surface area (Å²) in [6, 6.07) is 6.16. The van der Waals surface area contributed by atoms with Crippen molar-refractivity contribution in [3.63, 3.8) is 0 Å². The molecule has 4 nitrogen and oxygen atoms in total. The Morgan fingerprint density at radius 2 is 1.71 bits per heavy atom. The Balaban J connectivity index is 2.94. The first kappa shape index (κ1) is 10.2. The number of carbonyl (C=O) groups excluding carboxylic acids is 2. The van der Waals surface area contributed by atoms with Crippen molar-refractivity contribution >= 4 is 17.5 Å². The van der Waals surface area contributed by atoms with Crippen molar-refractivity contribution in [2.45, 2.75) is 6.92 Å². The number of rotatable bonds is 2. The number of urea groups is 1. The SMILES string of the molecule is CC(=O)c1ccc(N(C)C(N)=O)cc1. The Bertz CT molecular complexity index is 357. The summed E-state index contributed by atoms with van der Waals surface area (Å²) in [4.78, 5) is 23.1. The van der Waals surface area contributed by atoms with Gasteiger partial charge in [0, 0.05) is 18.3 Å². The number of hydrogen-bond acceptors (Lipinski definition) is 2. The fourth-order valence-electron chi connectivity index (χ4n) is 1.05. The van der Waals surface area contributed by atoms with E-state index in [9.17, 15) is 9.59 Å². The molecule has 2 N–H and O–H groups in total. The molecule has 1 aromatic carbocycles. The first-order valence-corrected chi connectivity index (χ1v) is 4.16. The van der Waals surface area contributed by atoms with Crippen LogP contribution in [0.15, 0.2) is 24.3 Å². The number of ketones is 1. The standard InChI is InChI=1S/C10H12N2O2/c1-7(13)8-3-5-9(6-4-8)12(2)10(11)14/h3-6H,1-2H3,(H2,11,14). The quantitative estimate of drug-likeness (QED) is 0.720. The summed E-state index contributed by atoms with van der Waals surface area (Å²) in [6.07, 6.45) is 0. The Hall–Kier alpha value is -1.84. The number of benzene rings is 1. The monoisotopic (exact) mass is 192 g/mol. The summed E-state index contributed by atoms with van der Waals surface area (Å²) >= 11 is 0. The van der Waals surface area contributed by atoms with Crippen LogP contribution < -0.4 is 10.6 Å². The van der Waals surface area contributed by atoms with E-state index in [1.807, 2.05) is 0 Å². The number of nitrogens with two attached hydrogens (primary N) is 1. The van der Waals surface area contributed by atoms with Crippen LogP contribution in [0.1, 0.15) is 17.3 Å². The summed E-state index contributed by atoms with van der Waals surface area (Å²) in [7, 11) is 1.57. The molecule has 0 radical (unpaired) electrons. The molecule has 1 rings (SSSR count). The normalized spacial score (nSPS) is 9.57. The average Bonchev–Trinajstić information content (AvgIpc) is 2.16. The van der Waals surface area contributed by atoms with Crippen molar-refractivity contribution in [1.82, 2.24) is 0 Å². The molecule has 0 saturated carbocycles. The van der Waals surface area contributed by atoms with Crippen LogP contribution in [0.5, 0.6) is 0 Å². The lowest BCUT2D eigenvalue weighted by atomic mass is 10.1. The van der Waals surface area contributed by atoms with E-state index >= 15 is 0 Å². The zero-order valence-electron chi connectivity index (χ0n) is 8.15. The van der Waals surface area contributed by atoms with E-state index in [1.165, 1.54) is 11.8 Å². The molecule has 0 spiro atoms. The van der Waals surface area contributed by atoms with Crippen molar-refractivity contribution in [2.24, 2.45) is 5.73 Å². The zero-order valence-corrected chi connectivity index (χ0v) is 8.15. The molecule has 4 heteroatoms. The minimum Gasteiger partial charge on any atom is -0.351 e. The topological polar surface area (TPSA) is 63.4 Å². The van der Waals surface area contributed by atoms with Gasteiger partial charge in [-0.3, -0.25) is 9.69 Å². The molecule has 2 amide bonds. The van der Waals surface area contributed by atoms with Crippen LogP contribution in [0.3, 0.4) is 0 Å². The van der Waals surface area contributed by atoms with Gasteiger partial charge in [-0.25, -0.2) is 4.79 Å². The molecule has 0 bridgehead atoms. The Labute approximate surface area is 82.3 Å². The van der Waals surface area contributed by atoms with Gasteiger partial charge in [-0.1, -0.05) is 0 Å². The summed E-state index contributed by atoms with van der Waals surface area (Å²) in [5.41, 5.74) is 6.37. The minimum atomic E-state index is -0.527. The van der Waals surface area contributed by atoms with E-state index in [2.05, 4.69) is 0 Å². The number of hydrogen-bond donors (Lipinski definition) is 1. The van der Waals surface area contributed by atoms with E-state index in [1.54, 1.807) is 31.3 Å². The van der Waals surface area contributed by atoms with Crippen molar-refractivity contribution in [1.29, 1.82) is 0 Å². The van der Waals surface area contributed by atoms with Crippen LogP contribution >= 0.6 is 0 Å². The first-order chi connectivity index (χ1) is 6.52. The van der Waals surface area contributed by atoms with E-state index in [4.69, 9.17) is 5.73 Å². The molecule has 0 aromatic heterocycles. The second-order valence-electron chi connectivity index (χ2n) is 3.00. The lowest BCUT2D eigenvalue weighted by Gasteiger charge is -2.13. The van der Waals surface area contributed by atoms with Gasteiger partial charge in [0.15, 0.2) is 5.78 Å². The van der Waals surface area contributed by atoms with Crippen molar-refractivity contribution in [3.8, 4) is 0 Å². The highest BCUT2D eigenvalue weighted by Crippen LogP contribution is 2.13. The number of amides is 2. The van der Waals surface area contributed by atoms with E-state index in [0.29, 0.717) is 11.3 Å². The van der Waals surface area contributed by atoms with Crippen LogP contribution in [0.2, 0.25) is 0 Å². The molecule has 0 heterocycles. The molecule has 0 atom stereocenters. The van der Waals surface area contributed by atoms with Gasteiger partial charge in [-0.05, 0) is 31.2 Å². The number of nitrogens with zero attached hydrogens (tertiary/aromatic N) is 1.